The lowest BCUT2D eigenvalue weighted by atomic mass is 9.78. The number of alkyl halides is 1. The lowest BCUT2D eigenvalue weighted by molar-refractivity contribution is -0.119. The number of rotatable bonds is 11. The summed E-state index contributed by atoms with van der Waals surface area (Å²) in [5.74, 6) is 0.750. The number of amides is 1. The van der Waals surface area contributed by atoms with Crippen LogP contribution in [-0.4, -0.2) is 54.0 Å². The van der Waals surface area contributed by atoms with Crippen LogP contribution in [0.5, 0.6) is 11.5 Å². The van der Waals surface area contributed by atoms with E-state index in [2.05, 4.69) is 5.32 Å². The molecule has 6 nitrogen and oxygen atoms in total. The van der Waals surface area contributed by atoms with E-state index in [1.165, 1.54) is 6.92 Å². The summed E-state index contributed by atoms with van der Waals surface area (Å²) in [6, 6.07) is 11.1. The smallest absolute Gasteiger partial charge is 0.216 e. The zero-order chi connectivity index (χ0) is 23.9. The first-order valence-electron chi connectivity index (χ1n) is 10.1. The highest BCUT2D eigenvalue weighted by atomic mass is 35.5. The summed E-state index contributed by atoms with van der Waals surface area (Å²) in [6.07, 6.45) is -1.61. The molecule has 2 rings (SSSR count). The highest BCUT2D eigenvalue weighted by Crippen LogP contribution is 2.40. The van der Waals surface area contributed by atoms with Crippen molar-refractivity contribution in [2.75, 3.05) is 25.6 Å². The molecule has 2 aromatic carbocycles. The molecule has 0 aliphatic carbocycles. The third-order valence-corrected chi connectivity index (χ3v) is 5.84. The minimum atomic E-state index is -0.813. The topological polar surface area (TPSA) is 88.0 Å². The molecule has 0 radical (unpaired) electrons. The number of carbonyl (C=O) groups is 1. The van der Waals surface area contributed by atoms with Gasteiger partial charge in [-0.05, 0) is 35.4 Å². The van der Waals surface area contributed by atoms with Crippen molar-refractivity contribution in [3.8, 4) is 11.5 Å². The molecule has 0 saturated heterocycles. The summed E-state index contributed by atoms with van der Waals surface area (Å²) in [5.41, 5.74) is 1.46. The first-order chi connectivity index (χ1) is 15.0. The van der Waals surface area contributed by atoms with Crippen LogP contribution in [0.1, 0.15) is 31.9 Å². The Morgan fingerprint density at radius 2 is 1.56 bits per heavy atom. The first-order valence-corrected chi connectivity index (χ1v) is 11.4. The van der Waals surface area contributed by atoms with Gasteiger partial charge >= 0.3 is 0 Å². The van der Waals surface area contributed by atoms with E-state index in [1.54, 1.807) is 12.1 Å². The summed E-state index contributed by atoms with van der Waals surface area (Å²) in [4.78, 5) is 10.9. The van der Waals surface area contributed by atoms with Crippen LogP contribution in [0.2, 0.25) is 10.0 Å². The van der Waals surface area contributed by atoms with Gasteiger partial charge in [-0.25, -0.2) is 0 Å². The minimum Gasteiger partial charge on any atom is -0.491 e. The van der Waals surface area contributed by atoms with Crippen molar-refractivity contribution in [2.45, 2.75) is 38.4 Å². The second-order valence-corrected chi connectivity index (χ2v) is 9.06. The Morgan fingerprint density at radius 3 is 2.09 bits per heavy atom. The van der Waals surface area contributed by atoms with Crippen molar-refractivity contribution in [3.05, 3.63) is 57.6 Å². The third-order valence-electron chi connectivity index (χ3n) is 4.92. The Hall–Kier alpha value is -1.70. The van der Waals surface area contributed by atoms with Gasteiger partial charge < -0.3 is 25.0 Å². The molecule has 0 saturated carbocycles. The quantitative estimate of drug-likeness (QED) is 0.400. The lowest BCUT2D eigenvalue weighted by Crippen LogP contribution is -2.33. The van der Waals surface area contributed by atoms with E-state index in [4.69, 9.17) is 44.3 Å². The Balaban J connectivity index is 2.10. The van der Waals surface area contributed by atoms with E-state index < -0.39 is 17.6 Å². The molecular weight excluding hydrogens is 477 g/mol. The van der Waals surface area contributed by atoms with Crippen LogP contribution in [0.15, 0.2) is 36.4 Å². The molecule has 176 valence electrons. The first kappa shape index (κ1) is 26.6. The van der Waals surface area contributed by atoms with Crippen LogP contribution in [0.4, 0.5) is 0 Å². The number of aliphatic hydroxyl groups excluding tert-OH is 2. The van der Waals surface area contributed by atoms with Gasteiger partial charge in [0.1, 0.15) is 31.2 Å². The zero-order valence-electron chi connectivity index (χ0n) is 18.2. The SMILES string of the molecule is CC(=O)NC[C@@H](O)COc1ccc(C(C)(C)c2cc(Cl)c(OC[C@@H](O)CCl)c(Cl)c2)cc1. The van der Waals surface area contributed by atoms with Crippen LogP contribution in [0.3, 0.4) is 0 Å². The molecule has 32 heavy (non-hydrogen) atoms. The van der Waals surface area contributed by atoms with E-state index >= 15 is 0 Å². The molecule has 9 heteroatoms. The molecule has 0 aliphatic heterocycles. The fourth-order valence-electron chi connectivity index (χ4n) is 2.93. The number of nitrogens with one attached hydrogen (secondary N) is 1. The molecule has 2 aromatic rings. The van der Waals surface area contributed by atoms with Crippen molar-refractivity contribution in [3.63, 3.8) is 0 Å². The Labute approximate surface area is 203 Å². The van der Waals surface area contributed by atoms with Crippen LogP contribution in [0, 0.1) is 0 Å². The number of aliphatic hydroxyl groups is 2. The van der Waals surface area contributed by atoms with Crippen LogP contribution < -0.4 is 14.8 Å². The van der Waals surface area contributed by atoms with Gasteiger partial charge in [-0.1, -0.05) is 49.2 Å². The Morgan fingerprint density at radius 1 is 1.00 bits per heavy atom. The molecule has 0 unspecified atom stereocenters. The van der Waals surface area contributed by atoms with Crippen molar-refractivity contribution in [1.29, 1.82) is 0 Å². The number of ether oxygens (including phenoxy) is 2. The van der Waals surface area contributed by atoms with Crippen LogP contribution in [-0.2, 0) is 10.2 Å². The lowest BCUT2D eigenvalue weighted by Gasteiger charge is -2.27. The molecule has 0 aliphatic rings. The average molecular weight is 505 g/mol. The molecule has 0 heterocycles. The monoisotopic (exact) mass is 503 g/mol. The molecule has 2 atom stereocenters. The third kappa shape index (κ3) is 7.42. The second kappa shape index (κ2) is 12.0. The summed E-state index contributed by atoms with van der Waals surface area (Å²) < 4.78 is 11.1. The van der Waals surface area contributed by atoms with Crippen molar-refractivity contribution < 1.29 is 24.5 Å². The largest absolute Gasteiger partial charge is 0.491 e. The number of hydrogen-bond donors (Lipinski definition) is 3. The molecule has 3 N–H and O–H groups in total. The van der Waals surface area contributed by atoms with Crippen molar-refractivity contribution in [1.82, 2.24) is 5.32 Å². The molecule has 0 spiro atoms. The van der Waals surface area contributed by atoms with E-state index in [0.717, 1.165) is 11.1 Å². The standard InChI is InChI=1S/C23H28Cl3NO5/c1-14(28)27-11-18(30)13-31-19-6-4-15(5-7-19)23(2,3)16-8-20(25)22(21(26)9-16)32-12-17(29)10-24/h4-9,17-18,29-30H,10-13H2,1-3H3,(H,27,28)/t17-,18+/m0/s1. The maximum absolute atomic E-state index is 10.9. The molecule has 1 amide bonds. The van der Waals surface area contributed by atoms with E-state index in [0.29, 0.717) is 21.5 Å². The summed E-state index contributed by atoms with van der Waals surface area (Å²) in [6.45, 7) is 5.66. The summed E-state index contributed by atoms with van der Waals surface area (Å²) in [7, 11) is 0. The van der Waals surface area contributed by atoms with Crippen molar-refractivity contribution >= 4 is 40.7 Å². The van der Waals surface area contributed by atoms with Gasteiger partial charge in [-0.3, -0.25) is 4.79 Å². The number of halogens is 3. The van der Waals surface area contributed by atoms with E-state index in [-0.39, 0.29) is 31.5 Å². The highest BCUT2D eigenvalue weighted by molar-refractivity contribution is 6.37. The molecule has 0 aromatic heterocycles. The minimum absolute atomic E-state index is 0.00729. The predicted molar refractivity (Wildman–Crippen MR) is 127 cm³/mol. The normalized spacial score (nSPS) is 13.4. The predicted octanol–water partition coefficient (Wildman–Crippen LogP) is 4.17. The van der Waals surface area contributed by atoms with Crippen molar-refractivity contribution in [2.24, 2.45) is 0 Å². The van der Waals surface area contributed by atoms with Gasteiger partial charge in [0.05, 0.1) is 15.9 Å². The summed E-state index contributed by atoms with van der Waals surface area (Å²) in [5, 5.41) is 22.7. The van der Waals surface area contributed by atoms with Crippen LogP contribution >= 0.6 is 34.8 Å². The summed E-state index contributed by atoms with van der Waals surface area (Å²) >= 11 is 18.4. The van der Waals surface area contributed by atoms with E-state index in [1.807, 2.05) is 38.1 Å². The number of carbonyl (C=O) groups excluding carboxylic acids is 1. The zero-order valence-corrected chi connectivity index (χ0v) is 20.5. The molecule has 0 bridgehead atoms. The fourth-order valence-corrected chi connectivity index (χ4v) is 3.62. The fraction of sp³-hybridized carbons (Fsp3) is 0.435. The Bertz CT molecular complexity index is 882. The molecular formula is C23H28Cl3NO5. The van der Waals surface area contributed by atoms with Gasteiger partial charge in [0.25, 0.3) is 0 Å². The number of benzene rings is 2. The van der Waals surface area contributed by atoms with Gasteiger partial charge in [-0.15, -0.1) is 11.6 Å². The van der Waals surface area contributed by atoms with E-state index in [9.17, 15) is 15.0 Å². The average Bonchev–Trinajstić information content (AvgIpc) is 2.75. The molecule has 0 fully saturated rings. The van der Waals surface area contributed by atoms with Crippen LogP contribution in [0.25, 0.3) is 0 Å². The van der Waals surface area contributed by atoms with Gasteiger partial charge in [0, 0.05) is 18.9 Å². The van der Waals surface area contributed by atoms with Gasteiger partial charge in [-0.2, -0.15) is 0 Å². The maximum atomic E-state index is 10.9. The Kier molecular flexibility index (Phi) is 9.92. The van der Waals surface area contributed by atoms with Gasteiger partial charge in [0.2, 0.25) is 5.91 Å². The number of hydrogen-bond acceptors (Lipinski definition) is 5. The second-order valence-electron chi connectivity index (χ2n) is 7.94. The maximum Gasteiger partial charge on any atom is 0.216 e. The highest BCUT2D eigenvalue weighted by Gasteiger charge is 2.26. The van der Waals surface area contributed by atoms with Gasteiger partial charge in [0.15, 0.2) is 5.75 Å².